The van der Waals surface area contributed by atoms with Crippen molar-refractivity contribution < 1.29 is 4.74 Å². The molecule has 3 heteroatoms. The standard InChI is InChI=1S/C56H38N2O/c1-3-16-44(17-4-1)57(47-30-24-37-12-7-9-14-40(37)32-47)46-28-26-39(27-29-46)51-35-43-23-22-42-34-49(36-53-54(42)55(43)56-50(51)20-11-21-52(56)59-53)58(45-18-5-2-6-19-45)48-31-25-38-13-8-10-15-41(38)33-48/h1-6,8-11,13-36H,7,12H2. The van der Waals surface area contributed by atoms with Crippen LogP contribution in [-0.4, -0.2) is 0 Å². The summed E-state index contributed by atoms with van der Waals surface area (Å²) in [5, 5.41) is 9.54. The topological polar surface area (TPSA) is 15.7 Å². The molecule has 1 aliphatic carbocycles. The van der Waals surface area contributed by atoms with Crippen molar-refractivity contribution in [2.45, 2.75) is 12.8 Å². The van der Waals surface area contributed by atoms with Gasteiger partial charge in [-0.15, -0.1) is 0 Å². The summed E-state index contributed by atoms with van der Waals surface area (Å²) in [5.41, 5.74) is 11.7. The second kappa shape index (κ2) is 13.5. The lowest BCUT2D eigenvalue weighted by Crippen LogP contribution is -2.10. The Labute approximate surface area is 343 Å². The van der Waals surface area contributed by atoms with E-state index < -0.39 is 0 Å². The smallest absolute Gasteiger partial charge is 0.138 e. The van der Waals surface area contributed by atoms with E-state index in [-0.39, 0.29) is 0 Å². The maximum Gasteiger partial charge on any atom is 0.138 e. The molecule has 3 nitrogen and oxygen atoms in total. The molecule has 12 rings (SSSR count). The molecule has 0 fully saturated rings. The Morgan fingerprint density at radius 2 is 1.02 bits per heavy atom. The van der Waals surface area contributed by atoms with Gasteiger partial charge in [-0.25, -0.2) is 0 Å². The van der Waals surface area contributed by atoms with Crippen LogP contribution in [0.15, 0.2) is 200 Å². The van der Waals surface area contributed by atoms with E-state index in [9.17, 15) is 0 Å². The minimum absolute atomic E-state index is 0.876. The summed E-state index contributed by atoms with van der Waals surface area (Å²) in [4.78, 5) is 4.69. The van der Waals surface area contributed by atoms with Crippen LogP contribution in [0.25, 0.3) is 60.3 Å². The number of ether oxygens (including phenoxy) is 1. The maximum absolute atomic E-state index is 6.96. The number of rotatable bonds is 7. The van der Waals surface area contributed by atoms with Crippen molar-refractivity contribution in [2.24, 2.45) is 0 Å². The van der Waals surface area contributed by atoms with Gasteiger partial charge >= 0.3 is 0 Å². The number of fused-ring (bicyclic) bond motifs is 2. The summed E-state index contributed by atoms with van der Waals surface area (Å²) in [7, 11) is 0. The number of anilines is 6. The van der Waals surface area contributed by atoms with Crippen molar-refractivity contribution >= 4 is 83.3 Å². The van der Waals surface area contributed by atoms with Crippen LogP contribution in [0.5, 0.6) is 11.5 Å². The molecule has 0 bridgehead atoms. The van der Waals surface area contributed by atoms with Gasteiger partial charge in [0.2, 0.25) is 0 Å². The Kier molecular flexibility index (Phi) is 7.67. The molecule has 0 saturated carbocycles. The van der Waals surface area contributed by atoms with E-state index in [2.05, 4.69) is 216 Å². The number of allylic oxidation sites excluding steroid dienone is 1. The molecule has 0 saturated heterocycles. The zero-order valence-electron chi connectivity index (χ0n) is 32.3. The van der Waals surface area contributed by atoms with Crippen LogP contribution in [-0.2, 0) is 6.42 Å². The SMILES string of the molecule is C1=Cc2cc(N(c3ccccc3)c3ccc(-c4cc5ccc6cc(N(c7ccccc7)c7ccc8ccccc8c7)cc7c6c5c5c(cccc45)O7)cc3)ccc2CC1. The van der Waals surface area contributed by atoms with Gasteiger partial charge in [-0.05, 0) is 141 Å². The van der Waals surface area contributed by atoms with Gasteiger partial charge in [-0.3, -0.25) is 0 Å². The second-order valence-corrected chi connectivity index (χ2v) is 15.7. The fourth-order valence-corrected chi connectivity index (χ4v) is 9.42. The van der Waals surface area contributed by atoms with Crippen molar-refractivity contribution in [1.82, 2.24) is 0 Å². The van der Waals surface area contributed by atoms with E-state index in [1.807, 2.05) is 0 Å². The van der Waals surface area contributed by atoms with Crippen LogP contribution >= 0.6 is 0 Å². The van der Waals surface area contributed by atoms with Crippen LogP contribution in [0.1, 0.15) is 17.5 Å². The fraction of sp³-hybridized carbons (Fsp3) is 0.0357. The second-order valence-electron chi connectivity index (χ2n) is 15.7. The van der Waals surface area contributed by atoms with Gasteiger partial charge in [0.15, 0.2) is 0 Å². The van der Waals surface area contributed by atoms with E-state index >= 15 is 0 Å². The first-order valence-corrected chi connectivity index (χ1v) is 20.5. The molecular weight excluding hydrogens is 717 g/mol. The van der Waals surface area contributed by atoms with Gasteiger partial charge < -0.3 is 14.5 Å². The molecule has 59 heavy (non-hydrogen) atoms. The number of para-hydroxylation sites is 2. The molecule has 1 aliphatic heterocycles. The Morgan fingerprint density at radius 1 is 0.390 bits per heavy atom. The van der Waals surface area contributed by atoms with Gasteiger partial charge in [-0.2, -0.15) is 0 Å². The summed E-state index contributed by atoms with van der Waals surface area (Å²) in [6.07, 6.45) is 6.75. The van der Waals surface area contributed by atoms with Gasteiger partial charge in [0.25, 0.3) is 0 Å². The Morgan fingerprint density at radius 3 is 1.81 bits per heavy atom. The molecule has 0 amide bonds. The lowest BCUT2D eigenvalue weighted by atomic mass is 9.88. The molecule has 2 aliphatic rings. The van der Waals surface area contributed by atoms with Crippen LogP contribution < -0.4 is 14.5 Å². The number of benzene rings is 10. The highest BCUT2D eigenvalue weighted by Crippen LogP contribution is 2.52. The normalized spacial score (nSPS) is 12.7. The Hall–Kier alpha value is -7.62. The van der Waals surface area contributed by atoms with E-state index in [0.29, 0.717) is 0 Å². The number of aryl methyl sites for hydroxylation is 1. The van der Waals surface area contributed by atoms with E-state index in [1.54, 1.807) is 0 Å². The molecule has 0 spiro atoms. The third-order valence-electron chi connectivity index (χ3n) is 12.2. The van der Waals surface area contributed by atoms with Gasteiger partial charge in [0, 0.05) is 50.7 Å². The molecule has 10 aromatic carbocycles. The zero-order chi connectivity index (χ0) is 38.9. The zero-order valence-corrected chi connectivity index (χ0v) is 32.3. The molecule has 0 aromatic heterocycles. The lowest BCUT2D eigenvalue weighted by molar-refractivity contribution is 0.493. The van der Waals surface area contributed by atoms with Crippen LogP contribution in [0.3, 0.4) is 0 Å². The molecular formula is C56H38N2O. The van der Waals surface area contributed by atoms with Gasteiger partial charge in [-0.1, -0.05) is 121 Å². The highest BCUT2D eigenvalue weighted by Gasteiger charge is 2.24. The first-order valence-electron chi connectivity index (χ1n) is 20.5. The minimum Gasteiger partial charge on any atom is -0.456 e. The number of hydrogen-bond acceptors (Lipinski definition) is 3. The first-order chi connectivity index (χ1) is 29.2. The molecule has 0 radical (unpaired) electrons. The highest BCUT2D eigenvalue weighted by atomic mass is 16.5. The van der Waals surface area contributed by atoms with Gasteiger partial charge in [0.05, 0.1) is 5.69 Å². The summed E-state index contributed by atoms with van der Waals surface area (Å²) in [5.74, 6) is 1.76. The average Bonchev–Trinajstić information content (AvgIpc) is 3.30. The molecule has 0 N–H and O–H groups in total. The molecule has 0 unspecified atom stereocenters. The van der Waals surface area contributed by atoms with E-state index in [1.165, 1.54) is 49.2 Å². The maximum atomic E-state index is 6.96. The largest absolute Gasteiger partial charge is 0.456 e. The molecule has 10 aromatic rings. The van der Waals surface area contributed by atoms with E-state index in [4.69, 9.17) is 4.74 Å². The third-order valence-corrected chi connectivity index (χ3v) is 12.2. The summed E-state index contributed by atoms with van der Waals surface area (Å²) < 4.78 is 6.96. The average molecular weight is 755 g/mol. The van der Waals surface area contributed by atoms with Crippen molar-refractivity contribution in [3.05, 3.63) is 211 Å². The van der Waals surface area contributed by atoms with Crippen LogP contribution in [0.4, 0.5) is 34.1 Å². The van der Waals surface area contributed by atoms with Gasteiger partial charge in [0.1, 0.15) is 11.5 Å². The van der Waals surface area contributed by atoms with E-state index in [0.717, 1.165) is 74.6 Å². The highest BCUT2D eigenvalue weighted by molar-refractivity contribution is 6.28. The van der Waals surface area contributed by atoms with Crippen molar-refractivity contribution in [3.8, 4) is 22.6 Å². The minimum atomic E-state index is 0.876. The molecule has 278 valence electrons. The predicted molar refractivity (Wildman–Crippen MR) is 249 cm³/mol. The molecule has 0 atom stereocenters. The van der Waals surface area contributed by atoms with Crippen molar-refractivity contribution in [1.29, 1.82) is 0 Å². The Bertz CT molecular complexity index is 3300. The lowest BCUT2D eigenvalue weighted by Gasteiger charge is -2.28. The summed E-state index contributed by atoms with van der Waals surface area (Å²) in [6, 6.07) is 70.4. The fourth-order valence-electron chi connectivity index (χ4n) is 9.42. The van der Waals surface area contributed by atoms with Crippen molar-refractivity contribution in [2.75, 3.05) is 9.80 Å². The molecule has 1 heterocycles. The summed E-state index contributed by atoms with van der Waals surface area (Å²) in [6.45, 7) is 0. The van der Waals surface area contributed by atoms with Crippen LogP contribution in [0, 0.1) is 0 Å². The first kappa shape index (κ1) is 33.5. The predicted octanol–water partition coefficient (Wildman–Crippen LogP) is 16.0. The Balaban J connectivity index is 0.981. The van der Waals surface area contributed by atoms with Crippen LogP contribution in [0.2, 0.25) is 0 Å². The quantitative estimate of drug-likeness (QED) is 0.151. The van der Waals surface area contributed by atoms with Crippen molar-refractivity contribution in [3.63, 3.8) is 0 Å². The number of hydrogen-bond donors (Lipinski definition) is 0. The monoisotopic (exact) mass is 754 g/mol. The third kappa shape index (κ3) is 5.58. The number of nitrogens with zero attached hydrogens (tertiary/aromatic N) is 2. The summed E-state index contributed by atoms with van der Waals surface area (Å²) >= 11 is 0.